The van der Waals surface area contributed by atoms with Gasteiger partial charge in [-0.15, -0.1) is 0 Å². The standard InChI is InChI=1S/C15H15N3O2/c1-10-6-12-8-16-13(9-18(12)17-10)11-4-5-14(19-2)15(7-11)20-3/h4-9H,1-3H3. The smallest absolute Gasteiger partial charge is 0.161 e. The lowest BCUT2D eigenvalue weighted by atomic mass is 10.1. The minimum atomic E-state index is 0.684. The molecule has 0 bridgehead atoms. The van der Waals surface area contributed by atoms with Crippen molar-refractivity contribution >= 4 is 5.52 Å². The molecule has 3 rings (SSSR count). The highest BCUT2D eigenvalue weighted by atomic mass is 16.5. The van der Waals surface area contributed by atoms with E-state index < -0.39 is 0 Å². The highest BCUT2D eigenvalue weighted by molar-refractivity contribution is 5.64. The van der Waals surface area contributed by atoms with Crippen molar-refractivity contribution in [1.82, 2.24) is 14.6 Å². The SMILES string of the molecule is COc1ccc(-c2cn3nc(C)cc3cn2)cc1OC. The third kappa shape index (κ3) is 2.07. The van der Waals surface area contributed by atoms with Crippen molar-refractivity contribution in [3.05, 3.63) is 42.4 Å². The molecular formula is C15H15N3O2. The van der Waals surface area contributed by atoms with Crippen LogP contribution in [0.2, 0.25) is 0 Å². The summed E-state index contributed by atoms with van der Waals surface area (Å²) < 4.78 is 12.4. The van der Waals surface area contributed by atoms with Gasteiger partial charge in [-0.1, -0.05) is 0 Å². The van der Waals surface area contributed by atoms with E-state index in [4.69, 9.17) is 9.47 Å². The van der Waals surface area contributed by atoms with Gasteiger partial charge in [0.05, 0.1) is 43.5 Å². The lowest BCUT2D eigenvalue weighted by molar-refractivity contribution is 0.355. The molecule has 5 heteroatoms. The number of nitrogens with zero attached hydrogens (tertiary/aromatic N) is 3. The highest BCUT2D eigenvalue weighted by Crippen LogP contribution is 2.31. The maximum absolute atomic E-state index is 5.31. The highest BCUT2D eigenvalue weighted by Gasteiger charge is 2.08. The van der Waals surface area contributed by atoms with E-state index in [1.807, 2.05) is 48.1 Å². The van der Waals surface area contributed by atoms with Gasteiger partial charge in [-0.25, -0.2) is 4.52 Å². The van der Waals surface area contributed by atoms with E-state index in [1.165, 1.54) is 0 Å². The van der Waals surface area contributed by atoms with Gasteiger partial charge >= 0.3 is 0 Å². The number of rotatable bonds is 3. The van der Waals surface area contributed by atoms with Crippen LogP contribution >= 0.6 is 0 Å². The molecule has 0 N–H and O–H groups in total. The zero-order valence-corrected chi connectivity index (χ0v) is 11.6. The minimum absolute atomic E-state index is 0.684. The van der Waals surface area contributed by atoms with Crippen LogP contribution in [0.25, 0.3) is 16.8 Å². The van der Waals surface area contributed by atoms with E-state index in [2.05, 4.69) is 10.1 Å². The van der Waals surface area contributed by atoms with E-state index in [1.54, 1.807) is 14.2 Å². The normalized spacial score (nSPS) is 10.8. The Morgan fingerprint density at radius 2 is 1.85 bits per heavy atom. The van der Waals surface area contributed by atoms with Gasteiger partial charge in [0.1, 0.15) is 0 Å². The average Bonchev–Trinajstić information content (AvgIpc) is 2.85. The number of aryl methyl sites for hydroxylation is 1. The van der Waals surface area contributed by atoms with Crippen molar-refractivity contribution < 1.29 is 9.47 Å². The third-order valence-electron chi connectivity index (χ3n) is 3.15. The van der Waals surface area contributed by atoms with Crippen LogP contribution in [0.1, 0.15) is 5.69 Å². The summed E-state index contributed by atoms with van der Waals surface area (Å²) in [6, 6.07) is 7.72. The first-order valence-corrected chi connectivity index (χ1v) is 6.25. The summed E-state index contributed by atoms with van der Waals surface area (Å²) in [5.74, 6) is 1.39. The fourth-order valence-electron chi connectivity index (χ4n) is 2.17. The first-order chi connectivity index (χ1) is 9.71. The summed E-state index contributed by atoms with van der Waals surface area (Å²) in [7, 11) is 3.24. The van der Waals surface area contributed by atoms with Crippen molar-refractivity contribution in [1.29, 1.82) is 0 Å². The van der Waals surface area contributed by atoms with Crippen LogP contribution in [0.15, 0.2) is 36.7 Å². The predicted molar refractivity (Wildman–Crippen MR) is 76.3 cm³/mol. The van der Waals surface area contributed by atoms with E-state index >= 15 is 0 Å². The van der Waals surface area contributed by atoms with Gasteiger partial charge in [0.2, 0.25) is 0 Å². The lowest BCUT2D eigenvalue weighted by Crippen LogP contribution is -1.94. The molecule has 0 saturated heterocycles. The molecule has 0 aliphatic rings. The van der Waals surface area contributed by atoms with Crippen molar-refractivity contribution in [2.75, 3.05) is 14.2 Å². The van der Waals surface area contributed by atoms with Crippen LogP contribution in [0.4, 0.5) is 0 Å². The second kappa shape index (κ2) is 4.85. The fourth-order valence-corrected chi connectivity index (χ4v) is 2.17. The van der Waals surface area contributed by atoms with Gasteiger partial charge < -0.3 is 9.47 Å². The minimum Gasteiger partial charge on any atom is -0.493 e. The first-order valence-electron chi connectivity index (χ1n) is 6.25. The van der Waals surface area contributed by atoms with Crippen LogP contribution in [-0.2, 0) is 0 Å². The lowest BCUT2D eigenvalue weighted by Gasteiger charge is -2.09. The molecule has 0 unspecified atom stereocenters. The summed E-state index contributed by atoms with van der Waals surface area (Å²) in [4.78, 5) is 4.46. The largest absolute Gasteiger partial charge is 0.493 e. The van der Waals surface area contributed by atoms with Gasteiger partial charge in [0.25, 0.3) is 0 Å². The van der Waals surface area contributed by atoms with Gasteiger partial charge in [-0.2, -0.15) is 5.10 Å². The summed E-state index contributed by atoms with van der Waals surface area (Å²) in [6.45, 7) is 1.96. The van der Waals surface area contributed by atoms with Crippen molar-refractivity contribution in [3.8, 4) is 22.8 Å². The molecule has 2 aromatic heterocycles. The Morgan fingerprint density at radius 3 is 2.60 bits per heavy atom. The number of hydrogen-bond donors (Lipinski definition) is 0. The van der Waals surface area contributed by atoms with Gasteiger partial charge in [-0.05, 0) is 31.2 Å². The fraction of sp³-hybridized carbons (Fsp3) is 0.200. The Kier molecular flexibility index (Phi) is 3.02. The van der Waals surface area contributed by atoms with Crippen molar-refractivity contribution in [2.45, 2.75) is 6.92 Å². The molecule has 102 valence electrons. The number of aromatic nitrogens is 3. The summed E-state index contributed by atoms with van der Waals surface area (Å²) in [5.41, 5.74) is 3.74. The molecule has 0 aliphatic heterocycles. The molecule has 2 heterocycles. The zero-order valence-electron chi connectivity index (χ0n) is 11.6. The molecule has 1 aromatic carbocycles. The van der Waals surface area contributed by atoms with Gasteiger partial charge in [-0.3, -0.25) is 4.98 Å². The van der Waals surface area contributed by atoms with Crippen LogP contribution in [0.5, 0.6) is 11.5 Å². The Morgan fingerprint density at radius 1 is 1.05 bits per heavy atom. The Hall–Kier alpha value is -2.56. The van der Waals surface area contributed by atoms with Gasteiger partial charge in [0.15, 0.2) is 11.5 Å². The molecule has 0 aliphatic carbocycles. The summed E-state index contributed by atoms with van der Waals surface area (Å²) in [5, 5.41) is 4.40. The molecule has 0 fully saturated rings. The van der Waals surface area contributed by atoms with E-state index in [0.717, 1.165) is 22.5 Å². The number of hydrogen-bond acceptors (Lipinski definition) is 4. The number of benzene rings is 1. The summed E-state index contributed by atoms with van der Waals surface area (Å²) >= 11 is 0. The third-order valence-corrected chi connectivity index (χ3v) is 3.15. The quantitative estimate of drug-likeness (QED) is 0.733. The monoisotopic (exact) mass is 269 g/mol. The second-order valence-corrected chi connectivity index (χ2v) is 4.50. The Balaban J connectivity index is 2.09. The van der Waals surface area contributed by atoms with E-state index in [9.17, 15) is 0 Å². The zero-order chi connectivity index (χ0) is 14.1. The van der Waals surface area contributed by atoms with Crippen molar-refractivity contribution in [2.24, 2.45) is 0 Å². The molecular weight excluding hydrogens is 254 g/mol. The number of methoxy groups -OCH3 is 2. The maximum atomic E-state index is 5.31. The molecule has 0 radical (unpaired) electrons. The summed E-state index contributed by atoms with van der Waals surface area (Å²) in [6.07, 6.45) is 3.72. The molecule has 0 spiro atoms. The molecule has 5 nitrogen and oxygen atoms in total. The molecule has 0 saturated carbocycles. The van der Waals surface area contributed by atoms with Crippen LogP contribution < -0.4 is 9.47 Å². The van der Waals surface area contributed by atoms with Crippen LogP contribution in [0.3, 0.4) is 0 Å². The topological polar surface area (TPSA) is 48.7 Å². The molecule has 0 atom stereocenters. The second-order valence-electron chi connectivity index (χ2n) is 4.50. The average molecular weight is 269 g/mol. The predicted octanol–water partition coefficient (Wildman–Crippen LogP) is 2.72. The van der Waals surface area contributed by atoms with E-state index in [0.29, 0.717) is 11.5 Å². The Bertz CT molecular complexity index is 765. The molecule has 3 aromatic rings. The van der Waals surface area contributed by atoms with Gasteiger partial charge in [0, 0.05) is 5.56 Å². The van der Waals surface area contributed by atoms with Crippen LogP contribution in [0, 0.1) is 6.92 Å². The Labute approximate surface area is 116 Å². The van der Waals surface area contributed by atoms with Crippen molar-refractivity contribution in [3.63, 3.8) is 0 Å². The maximum Gasteiger partial charge on any atom is 0.161 e. The number of fused-ring (bicyclic) bond motifs is 1. The van der Waals surface area contributed by atoms with Crippen LogP contribution in [-0.4, -0.2) is 28.8 Å². The first kappa shape index (κ1) is 12.5. The molecule has 0 amide bonds. The number of ether oxygens (including phenoxy) is 2. The molecule has 20 heavy (non-hydrogen) atoms. The van der Waals surface area contributed by atoms with E-state index in [-0.39, 0.29) is 0 Å².